The van der Waals surface area contributed by atoms with Crippen LogP contribution in [0.5, 0.6) is 0 Å². The first-order valence-corrected chi connectivity index (χ1v) is 8.00. The minimum Gasteiger partial charge on any atom is -0.364 e. The van der Waals surface area contributed by atoms with E-state index in [2.05, 4.69) is 36.2 Å². The summed E-state index contributed by atoms with van der Waals surface area (Å²) < 4.78 is 21.9. The number of anilines is 1. The first-order valence-electron chi connectivity index (χ1n) is 7.21. The molecule has 0 aliphatic carbocycles. The Labute approximate surface area is 139 Å². The Morgan fingerprint density at radius 3 is 2.78 bits per heavy atom. The second kappa shape index (κ2) is 5.86. The van der Waals surface area contributed by atoms with Crippen LogP contribution in [0, 0.1) is 6.08 Å². The van der Waals surface area contributed by atoms with E-state index in [1.807, 2.05) is 24.3 Å². The van der Waals surface area contributed by atoms with E-state index in [1.54, 1.807) is 10.9 Å². The van der Waals surface area contributed by atoms with Gasteiger partial charge in [0.2, 0.25) is 0 Å². The maximum absolute atomic E-state index is 13.8. The Morgan fingerprint density at radius 2 is 2.09 bits per heavy atom. The summed E-state index contributed by atoms with van der Waals surface area (Å²) in [5.41, 5.74) is 2.04. The third-order valence-corrected chi connectivity index (χ3v) is 4.28. The molecule has 0 bridgehead atoms. The van der Waals surface area contributed by atoms with Gasteiger partial charge in [-0.3, -0.25) is 4.57 Å². The molecule has 0 amide bonds. The summed E-state index contributed by atoms with van der Waals surface area (Å²) in [5, 5.41) is 3.13. The molecule has 6 nitrogen and oxygen atoms in total. The molecule has 1 unspecified atom stereocenters. The van der Waals surface area contributed by atoms with E-state index < -0.39 is 6.08 Å². The van der Waals surface area contributed by atoms with Crippen LogP contribution in [0.1, 0.15) is 18.2 Å². The molecule has 3 aromatic rings. The number of imidazole rings is 1. The molecule has 1 fully saturated rings. The lowest BCUT2D eigenvalue weighted by Crippen LogP contribution is -2.24. The Bertz CT molecular complexity index is 847. The maximum atomic E-state index is 13.8. The van der Waals surface area contributed by atoms with Gasteiger partial charge in [0.1, 0.15) is 6.23 Å². The van der Waals surface area contributed by atoms with Crippen LogP contribution in [0.3, 0.4) is 0 Å². The van der Waals surface area contributed by atoms with E-state index >= 15 is 0 Å². The van der Waals surface area contributed by atoms with Crippen molar-refractivity contribution >= 4 is 32.9 Å². The summed E-state index contributed by atoms with van der Waals surface area (Å²) in [6.45, 7) is 1.22. The molecular weight excluding hydrogens is 365 g/mol. The molecule has 0 saturated carbocycles. The largest absolute Gasteiger partial charge is 0.364 e. The van der Waals surface area contributed by atoms with Crippen LogP contribution in [0.4, 0.5) is 10.2 Å². The number of halogens is 2. The number of nitrogens with one attached hydrogen (secondary N) is 1. The molecule has 4 rings (SSSR count). The van der Waals surface area contributed by atoms with E-state index in [9.17, 15) is 4.39 Å². The molecule has 2 aromatic heterocycles. The average molecular weight is 378 g/mol. The quantitative estimate of drug-likeness (QED) is 0.706. The molecule has 1 aromatic carbocycles. The van der Waals surface area contributed by atoms with Crippen LogP contribution in [0.2, 0.25) is 0 Å². The lowest BCUT2D eigenvalue weighted by Gasteiger charge is -2.27. The van der Waals surface area contributed by atoms with Gasteiger partial charge in [-0.25, -0.2) is 4.98 Å². The second-order valence-corrected chi connectivity index (χ2v) is 6.18. The van der Waals surface area contributed by atoms with Gasteiger partial charge in [0.25, 0.3) is 0 Å². The van der Waals surface area contributed by atoms with Crippen LogP contribution in [0.15, 0.2) is 35.1 Å². The monoisotopic (exact) mass is 377 g/mol. The van der Waals surface area contributed by atoms with Gasteiger partial charge in [-0.05, 0) is 17.7 Å². The SMILES string of the molecule is Fc1nc(NCc2ccc(Br)cc2)c2ncn(C3CCO3)c2n1. The minimum absolute atomic E-state index is 0.117. The van der Waals surface area contributed by atoms with Crippen molar-refractivity contribution in [1.29, 1.82) is 0 Å². The third kappa shape index (κ3) is 2.79. The maximum Gasteiger partial charge on any atom is 0.312 e. The summed E-state index contributed by atoms with van der Waals surface area (Å²) in [5.74, 6) is 0.383. The summed E-state index contributed by atoms with van der Waals surface area (Å²) in [6, 6.07) is 7.87. The number of aromatic nitrogens is 4. The van der Waals surface area contributed by atoms with Gasteiger partial charge in [0.05, 0.1) is 12.9 Å². The molecule has 8 heteroatoms. The number of benzene rings is 1. The fourth-order valence-electron chi connectivity index (χ4n) is 2.45. The zero-order chi connectivity index (χ0) is 15.8. The van der Waals surface area contributed by atoms with E-state index in [0.29, 0.717) is 30.1 Å². The van der Waals surface area contributed by atoms with Crippen molar-refractivity contribution in [3.63, 3.8) is 0 Å². The molecule has 0 radical (unpaired) electrons. The lowest BCUT2D eigenvalue weighted by atomic mass is 10.2. The van der Waals surface area contributed by atoms with Crippen molar-refractivity contribution in [2.75, 3.05) is 11.9 Å². The molecule has 1 aliphatic rings. The Hall–Kier alpha value is -2.06. The number of ether oxygens (including phenoxy) is 1. The van der Waals surface area contributed by atoms with Gasteiger partial charge < -0.3 is 10.1 Å². The third-order valence-electron chi connectivity index (χ3n) is 3.75. The highest BCUT2D eigenvalue weighted by Gasteiger charge is 2.24. The van der Waals surface area contributed by atoms with Crippen molar-refractivity contribution in [3.05, 3.63) is 46.7 Å². The zero-order valence-corrected chi connectivity index (χ0v) is 13.6. The number of hydrogen-bond acceptors (Lipinski definition) is 5. The Balaban J connectivity index is 1.63. The van der Waals surface area contributed by atoms with Gasteiger partial charge >= 0.3 is 6.08 Å². The van der Waals surface area contributed by atoms with E-state index in [-0.39, 0.29) is 6.23 Å². The highest BCUT2D eigenvalue weighted by Crippen LogP contribution is 2.28. The van der Waals surface area contributed by atoms with E-state index in [0.717, 1.165) is 16.5 Å². The highest BCUT2D eigenvalue weighted by molar-refractivity contribution is 9.10. The van der Waals surface area contributed by atoms with Crippen LogP contribution in [-0.2, 0) is 11.3 Å². The van der Waals surface area contributed by atoms with Gasteiger partial charge in [0.15, 0.2) is 17.0 Å². The summed E-state index contributed by atoms with van der Waals surface area (Å²) >= 11 is 3.40. The first-order chi connectivity index (χ1) is 11.2. The number of hydrogen-bond donors (Lipinski definition) is 1. The van der Waals surface area contributed by atoms with Gasteiger partial charge in [0, 0.05) is 17.4 Å². The van der Waals surface area contributed by atoms with Crippen molar-refractivity contribution < 1.29 is 9.13 Å². The summed E-state index contributed by atoms with van der Waals surface area (Å²) in [6.07, 6.45) is 1.59. The summed E-state index contributed by atoms with van der Waals surface area (Å²) in [7, 11) is 0. The van der Waals surface area contributed by atoms with Gasteiger partial charge in [-0.15, -0.1) is 0 Å². The van der Waals surface area contributed by atoms with Gasteiger partial charge in [-0.2, -0.15) is 14.4 Å². The fraction of sp³-hybridized carbons (Fsp3) is 0.267. The number of rotatable bonds is 4. The van der Waals surface area contributed by atoms with E-state index in [4.69, 9.17) is 4.74 Å². The Kier molecular flexibility index (Phi) is 3.70. The average Bonchev–Trinajstić information content (AvgIpc) is 2.88. The van der Waals surface area contributed by atoms with Crippen LogP contribution in [-0.4, -0.2) is 26.1 Å². The lowest BCUT2D eigenvalue weighted by molar-refractivity contribution is -0.0974. The smallest absolute Gasteiger partial charge is 0.312 e. The molecule has 1 N–H and O–H groups in total. The zero-order valence-electron chi connectivity index (χ0n) is 12.0. The standard InChI is InChI=1S/C15H13BrFN5O/c16-10-3-1-9(2-4-10)7-18-13-12-14(21-15(17)20-13)22(8-19-12)11-5-6-23-11/h1-4,8,11H,5-7H2,(H,18,20,21). The molecule has 1 saturated heterocycles. The second-order valence-electron chi connectivity index (χ2n) is 5.26. The normalized spacial score (nSPS) is 17.2. The predicted molar refractivity (Wildman–Crippen MR) is 86.4 cm³/mol. The Morgan fingerprint density at radius 1 is 1.30 bits per heavy atom. The van der Waals surface area contributed by atoms with Crippen LogP contribution < -0.4 is 5.32 Å². The highest BCUT2D eigenvalue weighted by atomic mass is 79.9. The van der Waals surface area contributed by atoms with Crippen molar-refractivity contribution in [1.82, 2.24) is 19.5 Å². The molecule has 1 atom stereocenters. The molecule has 0 spiro atoms. The van der Waals surface area contributed by atoms with Gasteiger partial charge in [-0.1, -0.05) is 28.1 Å². The van der Waals surface area contributed by atoms with Crippen molar-refractivity contribution in [2.24, 2.45) is 0 Å². The molecular formula is C15H13BrFN5O. The van der Waals surface area contributed by atoms with Crippen molar-refractivity contribution in [3.8, 4) is 0 Å². The topological polar surface area (TPSA) is 64.9 Å². The summed E-state index contributed by atoms with van der Waals surface area (Å²) in [4.78, 5) is 12.0. The molecule has 3 heterocycles. The predicted octanol–water partition coefficient (Wildman–Crippen LogP) is 3.26. The molecule has 23 heavy (non-hydrogen) atoms. The molecule has 118 valence electrons. The van der Waals surface area contributed by atoms with Crippen LogP contribution in [0.25, 0.3) is 11.2 Å². The molecule has 1 aliphatic heterocycles. The minimum atomic E-state index is -0.781. The van der Waals surface area contributed by atoms with E-state index in [1.165, 1.54) is 0 Å². The van der Waals surface area contributed by atoms with Crippen molar-refractivity contribution in [2.45, 2.75) is 19.2 Å². The number of nitrogens with zero attached hydrogens (tertiary/aromatic N) is 4. The number of fused-ring (bicyclic) bond motifs is 1. The van der Waals surface area contributed by atoms with Crippen LogP contribution >= 0.6 is 15.9 Å². The fourth-order valence-corrected chi connectivity index (χ4v) is 2.72. The first kappa shape index (κ1) is 14.5.